The van der Waals surface area contributed by atoms with E-state index in [9.17, 15) is 0 Å². The van der Waals surface area contributed by atoms with Gasteiger partial charge < -0.3 is 5.73 Å². The SMILES string of the molecule is Cc1ccc(C(C)n2ncc(C)c2N)cc1C. The van der Waals surface area contributed by atoms with Crippen LogP contribution in [0, 0.1) is 20.8 Å². The van der Waals surface area contributed by atoms with Gasteiger partial charge in [-0.15, -0.1) is 0 Å². The minimum Gasteiger partial charge on any atom is -0.384 e. The lowest BCUT2D eigenvalue weighted by molar-refractivity contribution is 0.572. The first-order valence-electron chi connectivity index (χ1n) is 5.87. The van der Waals surface area contributed by atoms with E-state index in [2.05, 4.69) is 44.1 Å². The summed E-state index contributed by atoms with van der Waals surface area (Å²) in [7, 11) is 0. The normalized spacial score (nSPS) is 12.7. The zero-order valence-corrected chi connectivity index (χ0v) is 10.9. The van der Waals surface area contributed by atoms with E-state index < -0.39 is 0 Å². The molecule has 0 aliphatic rings. The Balaban J connectivity index is 2.40. The summed E-state index contributed by atoms with van der Waals surface area (Å²) < 4.78 is 1.87. The van der Waals surface area contributed by atoms with Gasteiger partial charge in [0.05, 0.1) is 12.2 Å². The van der Waals surface area contributed by atoms with E-state index in [1.807, 2.05) is 17.8 Å². The second-order valence-electron chi connectivity index (χ2n) is 4.68. The smallest absolute Gasteiger partial charge is 0.125 e. The highest BCUT2D eigenvalue weighted by Gasteiger charge is 2.13. The number of anilines is 1. The molecular weight excluding hydrogens is 210 g/mol. The average Bonchev–Trinajstić information content (AvgIpc) is 2.63. The average molecular weight is 229 g/mol. The predicted molar refractivity (Wildman–Crippen MR) is 71.1 cm³/mol. The fourth-order valence-electron chi connectivity index (χ4n) is 1.93. The maximum atomic E-state index is 6.01. The van der Waals surface area contributed by atoms with Crippen LogP contribution in [0.1, 0.15) is 35.2 Å². The van der Waals surface area contributed by atoms with Crippen molar-refractivity contribution in [2.24, 2.45) is 0 Å². The molecule has 0 bridgehead atoms. The van der Waals surface area contributed by atoms with Crippen LogP contribution in [-0.2, 0) is 0 Å². The third-order valence-corrected chi connectivity index (χ3v) is 3.41. The Morgan fingerprint density at radius 1 is 1.12 bits per heavy atom. The molecule has 17 heavy (non-hydrogen) atoms. The number of aromatic nitrogens is 2. The lowest BCUT2D eigenvalue weighted by Crippen LogP contribution is -2.12. The summed E-state index contributed by atoms with van der Waals surface area (Å²) in [5.41, 5.74) is 10.9. The van der Waals surface area contributed by atoms with Gasteiger partial charge in [-0.1, -0.05) is 18.2 Å². The molecule has 0 radical (unpaired) electrons. The molecule has 0 amide bonds. The molecule has 0 saturated carbocycles. The van der Waals surface area contributed by atoms with Crippen LogP contribution in [0.2, 0.25) is 0 Å². The van der Waals surface area contributed by atoms with Gasteiger partial charge in [0.25, 0.3) is 0 Å². The number of rotatable bonds is 2. The standard InChI is InChI=1S/C14H19N3/c1-9-5-6-13(7-10(9)2)12(4)17-14(15)11(3)8-16-17/h5-8,12H,15H2,1-4H3. The number of nitrogens with zero attached hydrogens (tertiary/aromatic N) is 2. The summed E-state index contributed by atoms with van der Waals surface area (Å²) in [6, 6.07) is 6.66. The Morgan fingerprint density at radius 2 is 1.82 bits per heavy atom. The molecule has 2 aromatic rings. The van der Waals surface area contributed by atoms with Crippen molar-refractivity contribution in [2.75, 3.05) is 5.73 Å². The second kappa shape index (κ2) is 4.24. The summed E-state index contributed by atoms with van der Waals surface area (Å²) >= 11 is 0. The van der Waals surface area contributed by atoms with Crippen LogP contribution in [0.3, 0.4) is 0 Å². The highest BCUT2D eigenvalue weighted by atomic mass is 15.3. The van der Waals surface area contributed by atoms with E-state index in [0.29, 0.717) is 0 Å². The number of hydrogen-bond acceptors (Lipinski definition) is 2. The molecule has 1 heterocycles. The highest BCUT2D eigenvalue weighted by Crippen LogP contribution is 2.23. The molecule has 1 atom stereocenters. The predicted octanol–water partition coefficient (Wildman–Crippen LogP) is 3.00. The number of nitrogens with two attached hydrogens (primary N) is 1. The summed E-state index contributed by atoms with van der Waals surface area (Å²) in [4.78, 5) is 0. The van der Waals surface area contributed by atoms with Crippen LogP contribution >= 0.6 is 0 Å². The molecule has 0 aliphatic carbocycles. The molecule has 0 fully saturated rings. The number of aryl methyl sites for hydroxylation is 3. The van der Waals surface area contributed by atoms with Crippen molar-refractivity contribution in [3.05, 3.63) is 46.6 Å². The molecule has 1 aromatic heterocycles. The molecule has 1 unspecified atom stereocenters. The second-order valence-corrected chi connectivity index (χ2v) is 4.68. The van der Waals surface area contributed by atoms with Crippen molar-refractivity contribution in [1.29, 1.82) is 0 Å². The van der Waals surface area contributed by atoms with Crippen LogP contribution in [0.25, 0.3) is 0 Å². The summed E-state index contributed by atoms with van der Waals surface area (Å²) in [5.74, 6) is 0.746. The lowest BCUT2D eigenvalue weighted by atomic mass is 10.0. The molecule has 2 rings (SSSR count). The van der Waals surface area contributed by atoms with Gasteiger partial charge in [-0.05, 0) is 44.4 Å². The van der Waals surface area contributed by atoms with Gasteiger partial charge in [0.2, 0.25) is 0 Å². The summed E-state index contributed by atoms with van der Waals surface area (Å²) in [5, 5.41) is 4.34. The summed E-state index contributed by atoms with van der Waals surface area (Å²) in [6.07, 6.45) is 1.81. The van der Waals surface area contributed by atoms with Crippen molar-refractivity contribution in [3.8, 4) is 0 Å². The first-order valence-corrected chi connectivity index (χ1v) is 5.87. The Morgan fingerprint density at radius 3 is 2.35 bits per heavy atom. The number of benzene rings is 1. The van der Waals surface area contributed by atoms with E-state index in [1.54, 1.807) is 0 Å². The molecule has 2 N–H and O–H groups in total. The van der Waals surface area contributed by atoms with Gasteiger partial charge in [-0.3, -0.25) is 0 Å². The number of nitrogen functional groups attached to an aromatic ring is 1. The Bertz CT molecular complexity index is 540. The monoisotopic (exact) mass is 229 g/mol. The molecule has 0 spiro atoms. The van der Waals surface area contributed by atoms with Gasteiger partial charge in [0.15, 0.2) is 0 Å². The van der Waals surface area contributed by atoms with Gasteiger partial charge in [0.1, 0.15) is 5.82 Å². The van der Waals surface area contributed by atoms with Crippen LogP contribution in [0.15, 0.2) is 24.4 Å². The molecule has 0 aliphatic heterocycles. The minimum atomic E-state index is 0.169. The fourth-order valence-corrected chi connectivity index (χ4v) is 1.93. The van der Waals surface area contributed by atoms with Crippen molar-refractivity contribution in [1.82, 2.24) is 9.78 Å². The van der Waals surface area contributed by atoms with Crippen molar-refractivity contribution in [3.63, 3.8) is 0 Å². The van der Waals surface area contributed by atoms with Crippen LogP contribution in [0.4, 0.5) is 5.82 Å². The first-order chi connectivity index (χ1) is 8.00. The third kappa shape index (κ3) is 2.05. The molecule has 1 aromatic carbocycles. The minimum absolute atomic E-state index is 0.169. The molecular formula is C14H19N3. The van der Waals surface area contributed by atoms with E-state index in [1.165, 1.54) is 16.7 Å². The van der Waals surface area contributed by atoms with E-state index in [4.69, 9.17) is 5.73 Å². The van der Waals surface area contributed by atoms with Crippen molar-refractivity contribution in [2.45, 2.75) is 33.7 Å². The van der Waals surface area contributed by atoms with Gasteiger partial charge >= 0.3 is 0 Å². The molecule has 3 nitrogen and oxygen atoms in total. The molecule has 90 valence electrons. The Labute approximate surface area is 102 Å². The van der Waals surface area contributed by atoms with Gasteiger partial charge in [0, 0.05) is 5.56 Å². The van der Waals surface area contributed by atoms with E-state index >= 15 is 0 Å². The van der Waals surface area contributed by atoms with Crippen LogP contribution in [-0.4, -0.2) is 9.78 Å². The maximum Gasteiger partial charge on any atom is 0.125 e. The van der Waals surface area contributed by atoms with E-state index in [0.717, 1.165) is 11.4 Å². The molecule has 3 heteroatoms. The quantitative estimate of drug-likeness (QED) is 0.860. The molecule has 0 saturated heterocycles. The van der Waals surface area contributed by atoms with Crippen molar-refractivity contribution >= 4 is 5.82 Å². The maximum absolute atomic E-state index is 6.01. The largest absolute Gasteiger partial charge is 0.384 e. The zero-order valence-electron chi connectivity index (χ0n) is 10.9. The Hall–Kier alpha value is -1.77. The highest BCUT2D eigenvalue weighted by molar-refractivity contribution is 5.40. The fraction of sp³-hybridized carbons (Fsp3) is 0.357. The van der Waals surface area contributed by atoms with Gasteiger partial charge in [-0.2, -0.15) is 5.10 Å². The van der Waals surface area contributed by atoms with E-state index in [-0.39, 0.29) is 6.04 Å². The number of hydrogen-bond donors (Lipinski definition) is 1. The summed E-state index contributed by atoms with van der Waals surface area (Å²) in [6.45, 7) is 8.35. The van der Waals surface area contributed by atoms with Crippen molar-refractivity contribution < 1.29 is 0 Å². The Kier molecular flexibility index (Phi) is 2.92. The zero-order chi connectivity index (χ0) is 12.6. The van der Waals surface area contributed by atoms with Gasteiger partial charge in [-0.25, -0.2) is 4.68 Å². The third-order valence-electron chi connectivity index (χ3n) is 3.41. The van der Waals surface area contributed by atoms with Crippen LogP contribution < -0.4 is 5.73 Å². The first kappa shape index (κ1) is 11.7. The lowest BCUT2D eigenvalue weighted by Gasteiger charge is -2.16. The van der Waals surface area contributed by atoms with Crippen LogP contribution in [0.5, 0.6) is 0 Å². The topological polar surface area (TPSA) is 43.8 Å².